The molecule has 0 fully saturated rings. The molecule has 1 atom stereocenters. The van der Waals surface area contributed by atoms with Crippen molar-refractivity contribution in [2.24, 2.45) is 0 Å². The van der Waals surface area contributed by atoms with Gasteiger partial charge < -0.3 is 5.32 Å². The number of carbonyl (C=O) groups is 3. The zero-order valence-corrected chi connectivity index (χ0v) is 14.5. The summed E-state index contributed by atoms with van der Waals surface area (Å²) < 4.78 is 0.888. The summed E-state index contributed by atoms with van der Waals surface area (Å²) in [4.78, 5) is 37.8. The second-order valence-corrected chi connectivity index (χ2v) is 6.41. The van der Waals surface area contributed by atoms with E-state index >= 15 is 0 Å². The third-order valence-corrected chi connectivity index (χ3v) is 4.65. The number of hydrogen-bond acceptors (Lipinski definition) is 3. The number of carbonyl (C=O) groups excluding carboxylic acids is 3. The van der Waals surface area contributed by atoms with Crippen LogP contribution in [0.25, 0.3) is 0 Å². The van der Waals surface area contributed by atoms with Crippen molar-refractivity contribution in [3.05, 3.63) is 69.7 Å². The quantitative estimate of drug-likeness (QED) is 0.821. The molecule has 2 aromatic rings. The number of amides is 3. The highest BCUT2D eigenvalue weighted by Crippen LogP contribution is 2.24. The highest BCUT2D eigenvalue weighted by atomic mass is 79.9. The van der Waals surface area contributed by atoms with E-state index in [0.29, 0.717) is 11.1 Å². The van der Waals surface area contributed by atoms with E-state index in [2.05, 4.69) is 21.2 Å². The summed E-state index contributed by atoms with van der Waals surface area (Å²) in [5.41, 5.74) is 1.61. The molecule has 3 amide bonds. The van der Waals surface area contributed by atoms with E-state index in [1.165, 1.54) is 0 Å². The van der Waals surface area contributed by atoms with E-state index in [-0.39, 0.29) is 18.5 Å². The molecule has 2 aromatic carbocycles. The van der Waals surface area contributed by atoms with Gasteiger partial charge in [-0.25, -0.2) is 0 Å². The highest BCUT2D eigenvalue weighted by molar-refractivity contribution is 9.10. The van der Waals surface area contributed by atoms with Crippen LogP contribution in [0.15, 0.2) is 53.0 Å². The molecular weight excluding hydrogens is 372 g/mol. The second-order valence-electron chi connectivity index (χ2n) is 5.55. The van der Waals surface area contributed by atoms with Crippen LogP contribution >= 0.6 is 15.9 Å². The molecule has 0 radical (unpaired) electrons. The maximum Gasteiger partial charge on any atom is 0.262 e. The number of benzene rings is 2. The number of hydrogen-bond donors (Lipinski definition) is 1. The Morgan fingerprint density at radius 1 is 1.04 bits per heavy atom. The molecule has 3 rings (SSSR count). The van der Waals surface area contributed by atoms with Crippen molar-refractivity contribution in [2.75, 3.05) is 6.54 Å². The molecule has 5 nitrogen and oxygen atoms in total. The number of halogens is 1. The Morgan fingerprint density at radius 3 is 2.17 bits per heavy atom. The van der Waals surface area contributed by atoms with Crippen LogP contribution in [-0.4, -0.2) is 29.2 Å². The summed E-state index contributed by atoms with van der Waals surface area (Å²) >= 11 is 3.44. The number of imide groups is 1. The first-order valence-corrected chi connectivity index (χ1v) is 8.27. The van der Waals surface area contributed by atoms with Gasteiger partial charge in [0.05, 0.1) is 17.2 Å². The number of rotatable bonds is 4. The van der Waals surface area contributed by atoms with Gasteiger partial charge in [-0.1, -0.05) is 46.3 Å². The van der Waals surface area contributed by atoms with E-state index in [1.807, 2.05) is 31.2 Å². The first kappa shape index (κ1) is 16.4. The van der Waals surface area contributed by atoms with E-state index < -0.39 is 11.8 Å². The molecule has 122 valence electrons. The van der Waals surface area contributed by atoms with Crippen LogP contribution < -0.4 is 5.32 Å². The van der Waals surface area contributed by atoms with E-state index in [4.69, 9.17) is 0 Å². The van der Waals surface area contributed by atoms with E-state index in [9.17, 15) is 14.4 Å². The Balaban J connectivity index is 1.69. The fraction of sp³-hybridized carbons (Fsp3) is 0.167. The van der Waals surface area contributed by atoms with Crippen molar-refractivity contribution in [2.45, 2.75) is 13.0 Å². The topological polar surface area (TPSA) is 66.5 Å². The molecule has 1 unspecified atom stereocenters. The molecule has 24 heavy (non-hydrogen) atoms. The summed E-state index contributed by atoms with van der Waals surface area (Å²) in [6, 6.07) is 13.9. The lowest BCUT2D eigenvalue weighted by Crippen LogP contribution is -2.41. The van der Waals surface area contributed by atoms with Gasteiger partial charge in [0.15, 0.2) is 0 Å². The van der Waals surface area contributed by atoms with Crippen LogP contribution in [0.2, 0.25) is 0 Å². The zero-order valence-electron chi connectivity index (χ0n) is 13.0. The van der Waals surface area contributed by atoms with Crippen LogP contribution in [0, 0.1) is 0 Å². The van der Waals surface area contributed by atoms with E-state index in [0.717, 1.165) is 14.9 Å². The van der Waals surface area contributed by atoms with Gasteiger partial charge in [0.2, 0.25) is 5.91 Å². The van der Waals surface area contributed by atoms with Gasteiger partial charge in [-0.2, -0.15) is 0 Å². The Kier molecular flexibility index (Phi) is 4.49. The van der Waals surface area contributed by atoms with Crippen molar-refractivity contribution in [3.63, 3.8) is 0 Å². The van der Waals surface area contributed by atoms with Crippen LogP contribution in [0.3, 0.4) is 0 Å². The molecule has 0 saturated heterocycles. The minimum absolute atomic E-state index is 0.247. The highest BCUT2D eigenvalue weighted by Gasteiger charge is 2.36. The monoisotopic (exact) mass is 386 g/mol. The molecule has 0 aliphatic carbocycles. The van der Waals surface area contributed by atoms with Crippen LogP contribution in [0.1, 0.15) is 39.2 Å². The van der Waals surface area contributed by atoms with Gasteiger partial charge >= 0.3 is 0 Å². The molecule has 1 aliphatic rings. The molecule has 1 heterocycles. The van der Waals surface area contributed by atoms with Crippen molar-refractivity contribution in [1.82, 2.24) is 10.2 Å². The normalized spacial score (nSPS) is 14.5. The predicted molar refractivity (Wildman–Crippen MR) is 92.5 cm³/mol. The van der Waals surface area contributed by atoms with Gasteiger partial charge in [-0.15, -0.1) is 0 Å². The van der Waals surface area contributed by atoms with Gasteiger partial charge in [0.25, 0.3) is 11.8 Å². The minimum atomic E-state index is -0.431. The third kappa shape index (κ3) is 2.97. The summed E-state index contributed by atoms with van der Waals surface area (Å²) in [7, 11) is 0. The van der Waals surface area contributed by atoms with E-state index in [1.54, 1.807) is 24.3 Å². The standard InChI is InChI=1S/C18H15BrN2O3/c1-11(12-6-4-5-9-15(12)19)20-16(22)10-21-17(23)13-7-2-3-8-14(13)18(21)24/h2-9,11H,10H2,1H3,(H,20,22). The van der Waals surface area contributed by atoms with Crippen molar-refractivity contribution >= 4 is 33.7 Å². The fourth-order valence-corrected chi connectivity index (χ4v) is 3.35. The lowest BCUT2D eigenvalue weighted by atomic mass is 10.1. The second kappa shape index (κ2) is 6.57. The third-order valence-electron chi connectivity index (χ3n) is 3.93. The van der Waals surface area contributed by atoms with Gasteiger partial charge in [-0.05, 0) is 30.7 Å². The molecule has 0 aromatic heterocycles. The number of fused-ring (bicyclic) bond motifs is 1. The Labute approximate surface area is 147 Å². The predicted octanol–water partition coefficient (Wildman–Crippen LogP) is 2.92. The van der Waals surface area contributed by atoms with Crippen LogP contribution in [0.5, 0.6) is 0 Å². The zero-order chi connectivity index (χ0) is 17.3. The maximum absolute atomic E-state index is 12.3. The SMILES string of the molecule is CC(NC(=O)CN1C(=O)c2ccccc2C1=O)c1ccccc1Br. The average Bonchev–Trinajstić information content (AvgIpc) is 2.80. The molecule has 0 bridgehead atoms. The molecular formula is C18H15BrN2O3. The molecule has 0 saturated carbocycles. The molecule has 1 aliphatic heterocycles. The first-order chi connectivity index (χ1) is 11.5. The molecule has 6 heteroatoms. The lowest BCUT2D eigenvalue weighted by Gasteiger charge is -2.18. The van der Waals surface area contributed by atoms with Crippen molar-refractivity contribution in [3.8, 4) is 0 Å². The van der Waals surface area contributed by atoms with Crippen LogP contribution in [0.4, 0.5) is 0 Å². The van der Waals surface area contributed by atoms with Gasteiger partial charge in [-0.3, -0.25) is 19.3 Å². The number of nitrogens with zero attached hydrogens (tertiary/aromatic N) is 1. The average molecular weight is 387 g/mol. The first-order valence-electron chi connectivity index (χ1n) is 7.48. The maximum atomic E-state index is 12.3. The molecule has 0 spiro atoms. The van der Waals surface area contributed by atoms with Gasteiger partial charge in [0, 0.05) is 4.47 Å². The summed E-state index contributed by atoms with van der Waals surface area (Å²) in [6.45, 7) is 1.56. The lowest BCUT2D eigenvalue weighted by molar-refractivity contribution is -0.122. The Morgan fingerprint density at radius 2 is 1.58 bits per heavy atom. The Hall–Kier alpha value is -2.47. The Bertz CT molecular complexity index is 800. The smallest absolute Gasteiger partial charge is 0.262 e. The summed E-state index contributed by atoms with van der Waals surface area (Å²) in [5.74, 6) is -1.24. The van der Waals surface area contributed by atoms with Crippen molar-refractivity contribution < 1.29 is 14.4 Å². The minimum Gasteiger partial charge on any atom is -0.348 e. The van der Waals surface area contributed by atoms with Crippen molar-refractivity contribution in [1.29, 1.82) is 0 Å². The van der Waals surface area contributed by atoms with Crippen LogP contribution in [-0.2, 0) is 4.79 Å². The molecule has 1 N–H and O–H groups in total. The fourth-order valence-electron chi connectivity index (χ4n) is 2.72. The summed E-state index contributed by atoms with van der Waals surface area (Å²) in [6.07, 6.45) is 0. The van der Waals surface area contributed by atoms with Gasteiger partial charge in [0.1, 0.15) is 6.54 Å². The summed E-state index contributed by atoms with van der Waals surface area (Å²) in [5, 5.41) is 2.82. The number of nitrogens with one attached hydrogen (secondary N) is 1. The largest absolute Gasteiger partial charge is 0.348 e.